The topological polar surface area (TPSA) is 20.3 Å². The molecule has 38 heavy (non-hydrogen) atoms. The molecule has 0 bridgehead atoms. The fourth-order valence-electron chi connectivity index (χ4n) is 4.87. The van der Waals surface area contributed by atoms with E-state index >= 15 is 0 Å². The third kappa shape index (κ3) is 5.37. The van der Waals surface area contributed by atoms with Gasteiger partial charge in [0, 0.05) is 5.56 Å². The zero-order valence-electron chi connectivity index (χ0n) is 21.5. The Kier molecular flexibility index (Phi) is 7.92. The van der Waals surface area contributed by atoms with Gasteiger partial charge in [-0.1, -0.05) is 103 Å². The molecular weight excluding hydrogens is 481 g/mol. The van der Waals surface area contributed by atoms with E-state index in [1.807, 2.05) is 53.4 Å². The van der Waals surface area contributed by atoms with Gasteiger partial charge in [0.1, 0.15) is 23.2 Å². The minimum atomic E-state index is -2.26. The first-order chi connectivity index (χ1) is 18.7. The van der Waals surface area contributed by atoms with Crippen LogP contribution in [0.3, 0.4) is 0 Å². The van der Waals surface area contributed by atoms with Gasteiger partial charge >= 0.3 is 0 Å². The molecular formula is C35H31NOP+. The van der Waals surface area contributed by atoms with Gasteiger partial charge in [-0.25, -0.2) is 0 Å². The molecule has 0 aromatic heterocycles. The molecule has 0 atom stereocenters. The fourth-order valence-corrected chi connectivity index (χ4v) is 8.84. The van der Waals surface area contributed by atoms with E-state index in [9.17, 15) is 4.79 Å². The zero-order chi connectivity index (χ0) is 26.2. The van der Waals surface area contributed by atoms with Crippen LogP contribution in [0.25, 0.3) is 0 Å². The van der Waals surface area contributed by atoms with Crippen molar-refractivity contribution in [2.24, 2.45) is 0 Å². The standard InChI is InChI=1S/C35H31NOP/c1-29(36(27-30-17-7-2-8-18-30)35(37)31-19-9-3-10-20-31)28-38(32-21-11-4-12-22-32,33-23-13-5-14-24-33)34-25-15-6-16-26-34/h2-26,28H,27H2,1H3/q+1/b29-28+. The molecule has 186 valence electrons. The van der Waals surface area contributed by atoms with Gasteiger partial charge in [0.05, 0.1) is 18.1 Å². The average molecular weight is 513 g/mol. The summed E-state index contributed by atoms with van der Waals surface area (Å²) in [5.41, 5.74) is 2.71. The van der Waals surface area contributed by atoms with E-state index < -0.39 is 7.26 Å². The predicted octanol–water partition coefficient (Wildman–Crippen LogP) is 7.18. The molecule has 0 spiro atoms. The van der Waals surface area contributed by atoms with E-state index in [0.29, 0.717) is 12.1 Å². The molecule has 0 aliphatic carbocycles. The lowest BCUT2D eigenvalue weighted by atomic mass is 10.1. The van der Waals surface area contributed by atoms with E-state index in [-0.39, 0.29) is 5.91 Å². The highest BCUT2D eigenvalue weighted by atomic mass is 31.2. The van der Waals surface area contributed by atoms with Crippen molar-refractivity contribution in [1.82, 2.24) is 4.90 Å². The molecule has 0 aliphatic heterocycles. The number of allylic oxidation sites excluding steroid dienone is 1. The van der Waals surface area contributed by atoms with Crippen LogP contribution in [0, 0.1) is 0 Å². The molecule has 0 radical (unpaired) electrons. The molecule has 0 heterocycles. The summed E-state index contributed by atoms with van der Waals surface area (Å²) in [5.74, 6) is 2.37. The Morgan fingerprint density at radius 1 is 0.579 bits per heavy atom. The van der Waals surface area contributed by atoms with Crippen molar-refractivity contribution in [3.05, 3.63) is 174 Å². The van der Waals surface area contributed by atoms with Gasteiger partial charge in [-0.3, -0.25) is 4.79 Å². The Morgan fingerprint density at radius 2 is 0.947 bits per heavy atom. The van der Waals surface area contributed by atoms with Gasteiger partial charge in [0.25, 0.3) is 5.91 Å². The van der Waals surface area contributed by atoms with Crippen molar-refractivity contribution >= 4 is 29.1 Å². The van der Waals surface area contributed by atoms with Crippen LogP contribution >= 0.6 is 7.26 Å². The van der Waals surface area contributed by atoms with Crippen LogP contribution < -0.4 is 15.9 Å². The monoisotopic (exact) mass is 512 g/mol. The third-order valence-electron chi connectivity index (χ3n) is 6.75. The van der Waals surface area contributed by atoms with E-state index in [1.165, 1.54) is 15.9 Å². The first-order valence-electron chi connectivity index (χ1n) is 12.8. The normalized spacial score (nSPS) is 11.7. The molecule has 0 saturated carbocycles. The molecule has 0 fully saturated rings. The van der Waals surface area contributed by atoms with Crippen LogP contribution in [0.2, 0.25) is 0 Å². The van der Waals surface area contributed by atoms with Crippen LogP contribution in [-0.2, 0) is 6.54 Å². The van der Waals surface area contributed by atoms with Crippen molar-refractivity contribution < 1.29 is 4.79 Å². The number of rotatable bonds is 8. The summed E-state index contributed by atoms with van der Waals surface area (Å²) in [6.07, 6.45) is 0. The highest BCUT2D eigenvalue weighted by molar-refractivity contribution is 7.98. The Hall–Kier alpha value is -4.26. The van der Waals surface area contributed by atoms with Gasteiger partial charge < -0.3 is 4.90 Å². The molecule has 2 nitrogen and oxygen atoms in total. The number of hydrogen-bond donors (Lipinski definition) is 0. The average Bonchev–Trinajstić information content (AvgIpc) is 3.00. The largest absolute Gasteiger partial charge is 0.305 e. The lowest BCUT2D eigenvalue weighted by molar-refractivity contribution is 0.0797. The first kappa shape index (κ1) is 25.4. The molecule has 5 aromatic carbocycles. The van der Waals surface area contributed by atoms with Crippen molar-refractivity contribution in [3.63, 3.8) is 0 Å². The molecule has 5 rings (SSSR count). The lowest BCUT2D eigenvalue weighted by Crippen LogP contribution is -2.33. The maximum absolute atomic E-state index is 14.0. The van der Waals surface area contributed by atoms with Crippen LogP contribution in [0.4, 0.5) is 0 Å². The van der Waals surface area contributed by atoms with Gasteiger partial charge in [0.2, 0.25) is 0 Å². The molecule has 0 aliphatic rings. The quantitative estimate of drug-likeness (QED) is 0.202. The predicted molar refractivity (Wildman–Crippen MR) is 162 cm³/mol. The summed E-state index contributed by atoms with van der Waals surface area (Å²) in [6.45, 7) is 2.57. The summed E-state index contributed by atoms with van der Waals surface area (Å²) < 4.78 is 0. The Morgan fingerprint density at radius 3 is 1.37 bits per heavy atom. The van der Waals surface area contributed by atoms with Gasteiger partial charge in [0.15, 0.2) is 0 Å². The molecule has 0 saturated heterocycles. The van der Waals surface area contributed by atoms with Gasteiger partial charge in [-0.15, -0.1) is 0 Å². The van der Waals surface area contributed by atoms with Crippen molar-refractivity contribution in [1.29, 1.82) is 0 Å². The minimum absolute atomic E-state index is 0.00418. The maximum atomic E-state index is 14.0. The lowest BCUT2D eigenvalue weighted by Gasteiger charge is -2.28. The Labute approximate surface area is 226 Å². The zero-order valence-corrected chi connectivity index (χ0v) is 22.4. The van der Waals surface area contributed by atoms with Crippen LogP contribution in [0.1, 0.15) is 22.8 Å². The summed E-state index contributed by atoms with van der Waals surface area (Å²) in [6, 6.07) is 51.9. The molecule has 3 heteroatoms. The van der Waals surface area contributed by atoms with Crippen molar-refractivity contribution in [2.75, 3.05) is 0 Å². The van der Waals surface area contributed by atoms with Gasteiger partial charge in [-0.2, -0.15) is 0 Å². The Balaban J connectivity index is 1.73. The number of carbonyl (C=O) groups is 1. The molecule has 0 unspecified atom stereocenters. The van der Waals surface area contributed by atoms with Crippen LogP contribution in [0.5, 0.6) is 0 Å². The van der Waals surface area contributed by atoms with E-state index in [1.54, 1.807) is 0 Å². The van der Waals surface area contributed by atoms with Gasteiger partial charge in [-0.05, 0) is 61.0 Å². The third-order valence-corrected chi connectivity index (χ3v) is 10.8. The molecule has 5 aromatic rings. The van der Waals surface area contributed by atoms with Crippen LogP contribution in [-0.4, -0.2) is 10.8 Å². The van der Waals surface area contributed by atoms with Crippen molar-refractivity contribution in [3.8, 4) is 0 Å². The Bertz CT molecular complexity index is 1390. The fraction of sp³-hybridized carbons (Fsp3) is 0.0571. The summed E-state index contributed by atoms with van der Waals surface area (Å²) in [7, 11) is -2.26. The summed E-state index contributed by atoms with van der Waals surface area (Å²) >= 11 is 0. The molecule has 1 amide bonds. The van der Waals surface area contributed by atoms with E-state index in [0.717, 1.165) is 11.3 Å². The highest BCUT2D eigenvalue weighted by Crippen LogP contribution is 2.57. The SMILES string of the molecule is C/C(=C\[P+](c1ccccc1)(c1ccccc1)c1ccccc1)N(Cc1ccccc1)C(=O)c1ccccc1. The number of hydrogen-bond acceptors (Lipinski definition) is 1. The number of amides is 1. The van der Waals surface area contributed by atoms with E-state index in [2.05, 4.69) is 116 Å². The second-order valence-corrected chi connectivity index (χ2v) is 12.5. The number of benzene rings is 5. The number of carbonyl (C=O) groups excluding carboxylic acids is 1. The highest BCUT2D eigenvalue weighted by Gasteiger charge is 2.44. The molecule has 0 N–H and O–H groups in total. The minimum Gasteiger partial charge on any atom is -0.305 e. The first-order valence-corrected chi connectivity index (χ1v) is 14.7. The van der Waals surface area contributed by atoms with Crippen LogP contribution in [0.15, 0.2) is 163 Å². The number of nitrogens with zero attached hydrogens (tertiary/aromatic N) is 1. The second-order valence-electron chi connectivity index (χ2n) is 9.24. The summed E-state index contributed by atoms with van der Waals surface area (Å²) in [5, 5.41) is 3.76. The maximum Gasteiger partial charge on any atom is 0.258 e. The summed E-state index contributed by atoms with van der Waals surface area (Å²) in [4.78, 5) is 15.9. The smallest absolute Gasteiger partial charge is 0.258 e. The van der Waals surface area contributed by atoms with E-state index in [4.69, 9.17) is 0 Å². The second kappa shape index (κ2) is 11.9. The van der Waals surface area contributed by atoms with Crippen molar-refractivity contribution in [2.45, 2.75) is 13.5 Å².